The normalized spacial score (nSPS) is 13.3. The number of amides is 2. The van der Waals surface area contributed by atoms with Gasteiger partial charge in [-0.05, 0) is 99.6 Å². The predicted molar refractivity (Wildman–Crippen MR) is 174 cm³/mol. The summed E-state index contributed by atoms with van der Waals surface area (Å²) in [5.41, 5.74) is 2.46. The second-order valence-corrected chi connectivity index (χ2v) is 10.8. The van der Waals surface area contributed by atoms with Gasteiger partial charge in [-0.2, -0.15) is 0 Å². The van der Waals surface area contributed by atoms with Crippen LogP contribution in [0.15, 0.2) is 84.9 Å². The molecule has 0 unspecified atom stereocenters. The first-order valence-corrected chi connectivity index (χ1v) is 15.0. The molecule has 0 bridgehead atoms. The molecule has 3 aromatic rings. The van der Waals surface area contributed by atoms with E-state index in [0.717, 1.165) is 44.6 Å². The van der Waals surface area contributed by atoms with E-state index in [9.17, 15) is 28.4 Å². The fraction of sp³-hybridized carbons (Fsp3) is 0.286. The van der Waals surface area contributed by atoms with Gasteiger partial charge in [0, 0.05) is 60.1 Å². The Balaban J connectivity index is 0.000000665. The lowest BCUT2D eigenvalue weighted by molar-refractivity contribution is -0.134. The van der Waals surface area contributed by atoms with Crippen LogP contribution in [-0.4, -0.2) is 77.9 Å². The number of methoxy groups -OCH3 is 1. The van der Waals surface area contributed by atoms with E-state index in [2.05, 4.69) is 10.2 Å². The molecule has 0 radical (unpaired) electrons. The van der Waals surface area contributed by atoms with Gasteiger partial charge in [-0.3, -0.25) is 14.4 Å². The Kier molecular flexibility index (Phi) is 13.8. The number of Topliss-reactive ketones (excluding diaryl/α,β-unsaturated/α-hetero) is 1. The summed E-state index contributed by atoms with van der Waals surface area (Å²) in [6.45, 7) is 4.35. The summed E-state index contributed by atoms with van der Waals surface area (Å²) in [5, 5.41) is 18.3. The van der Waals surface area contributed by atoms with Crippen LogP contribution in [0.3, 0.4) is 0 Å². The molecule has 4 rings (SSSR count). The van der Waals surface area contributed by atoms with Crippen molar-refractivity contribution in [3.8, 4) is 5.75 Å². The summed E-state index contributed by atoms with van der Waals surface area (Å²) in [6, 6.07) is 20.1. The molecule has 3 N–H and O–H groups in total. The van der Waals surface area contributed by atoms with Gasteiger partial charge in [-0.25, -0.2) is 14.0 Å². The van der Waals surface area contributed by atoms with E-state index in [1.165, 1.54) is 19.1 Å². The van der Waals surface area contributed by atoms with E-state index in [1.807, 2.05) is 24.3 Å². The number of carboxylic acid groups (broad SMARTS) is 2. The first kappa shape index (κ1) is 36.1. The van der Waals surface area contributed by atoms with Crippen molar-refractivity contribution in [1.29, 1.82) is 0 Å². The quantitative estimate of drug-likeness (QED) is 0.179. The lowest BCUT2D eigenvalue weighted by atomic mass is 9.89. The minimum absolute atomic E-state index is 0.0537. The summed E-state index contributed by atoms with van der Waals surface area (Å²) < 4.78 is 18.6. The molecule has 0 saturated carbocycles. The van der Waals surface area contributed by atoms with Crippen LogP contribution in [0, 0.1) is 11.7 Å². The summed E-state index contributed by atoms with van der Waals surface area (Å²) >= 11 is 0. The van der Waals surface area contributed by atoms with Gasteiger partial charge in [0.2, 0.25) is 5.91 Å². The third kappa shape index (κ3) is 11.8. The Labute approximate surface area is 272 Å². The van der Waals surface area contributed by atoms with Gasteiger partial charge in [0.15, 0.2) is 5.78 Å². The zero-order valence-corrected chi connectivity index (χ0v) is 26.2. The summed E-state index contributed by atoms with van der Waals surface area (Å²) in [6.07, 6.45) is 3.39. The van der Waals surface area contributed by atoms with Crippen LogP contribution in [-0.2, 0) is 14.4 Å². The van der Waals surface area contributed by atoms with Crippen molar-refractivity contribution in [3.63, 3.8) is 0 Å². The number of carbonyl (C=O) groups is 5. The number of carboxylic acids is 2. The standard InChI is InChI=1S/C31H34FN3O4.C4H4O4/c1-22(36)33-27-13-9-25(10-14-27)31(38)35(28-5-3-6-29(21-28)39-2)18-4-17-34-19-15-24(16-20-34)30(37)23-7-11-26(32)12-8-23;5-3(6)1-2-4(7)8/h3,5-14,21,24H,4,15-20H2,1-2H3,(H,33,36);1-2H,(H,5,6)(H,7,8)/b;2-1+. The van der Waals surface area contributed by atoms with E-state index < -0.39 is 11.9 Å². The van der Waals surface area contributed by atoms with Crippen LogP contribution in [0.25, 0.3) is 0 Å². The van der Waals surface area contributed by atoms with Gasteiger partial charge >= 0.3 is 11.9 Å². The van der Waals surface area contributed by atoms with Crippen molar-refractivity contribution in [3.05, 3.63) is 102 Å². The van der Waals surface area contributed by atoms with Crippen molar-refractivity contribution in [2.45, 2.75) is 26.2 Å². The molecule has 2 amide bonds. The molecule has 0 aliphatic carbocycles. The van der Waals surface area contributed by atoms with E-state index in [4.69, 9.17) is 14.9 Å². The van der Waals surface area contributed by atoms with Crippen LogP contribution in [0.1, 0.15) is 46.9 Å². The molecule has 1 fully saturated rings. The SMILES string of the molecule is COc1cccc(N(CCCN2CCC(C(=O)c3ccc(F)cc3)CC2)C(=O)c2ccc(NC(C)=O)cc2)c1.O=C(O)/C=C/C(=O)O. The number of likely N-dealkylation sites (tertiary alicyclic amines) is 1. The average molecular weight is 648 g/mol. The fourth-order valence-corrected chi connectivity index (χ4v) is 5.05. The number of carbonyl (C=O) groups excluding carboxylic acids is 3. The average Bonchev–Trinajstić information content (AvgIpc) is 3.06. The molecule has 47 heavy (non-hydrogen) atoms. The number of ketones is 1. The zero-order chi connectivity index (χ0) is 34.3. The highest BCUT2D eigenvalue weighted by molar-refractivity contribution is 6.06. The second kappa shape index (κ2) is 18.0. The maximum Gasteiger partial charge on any atom is 0.328 e. The van der Waals surface area contributed by atoms with Crippen molar-refractivity contribution >= 4 is 40.9 Å². The number of aliphatic carboxylic acids is 2. The maximum absolute atomic E-state index is 13.6. The molecule has 3 aromatic carbocycles. The van der Waals surface area contributed by atoms with Crippen LogP contribution >= 0.6 is 0 Å². The number of hydrogen-bond donors (Lipinski definition) is 3. The predicted octanol–water partition coefficient (Wildman–Crippen LogP) is 5.14. The molecule has 12 heteroatoms. The largest absolute Gasteiger partial charge is 0.497 e. The smallest absolute Gasteiger partial charge is 0.328 e. The third-order valence-corrected chi connectivity index (χ3v) is 7.37. The summed E-state index contributed by atoms with van der Waals surface area (Å²) in [7, 11) is 1.59. The van der Waals surface area contributed by atoms with Gasteiger partial charge in [0.25, 0.3) is 5.91 Å². The number of ether oxygens (including phenoxy) is 1. The maximum atomic E-state index is 13.6. The number of piperidine rings is 1. The van der Waals surface area contributed by atoms with Gasteiger partial charge in [-0.15, -0.1) is 0 Å². The molecule has 1 aliphatic rings. The number of rotatable bonds is 12. The molecular formula is C35H38FN3O8. The highest BCUT2D eigenvalue weighted by Crippen LogP contribution is 2.25. The van der Waals surface area contributed by atoms with Crippen molar-refractivity contribution in [2.24, 2.45) is 5.92 Å². The van der Waals surface area contributed by atoms with Gasteiger partial charge in [0.05, 0.1) is 7.11 Å². The molecule has 0 atom stereocenters. The van der Waals surface area contributed by atoms with E-state index in [-0.39, 0.29) is 29.3 Å². The number of halogens is 1. The number of hydrogen-bond acceptors (Lipinski definition) is 7. The number of benzene rings is 3. The van der Waals surface area contributed by atoms with Crippen LogP contribution in [0.4, 0.5) is 15.8 Å². The van der Waals surface area contributed by atoms with Crippen molar-refractivity contribution < 1.29 is 43.3 Å². The molecule has 1 saturated heterocycles. The third-order valence-electron chi connectivity index (χ3n) is 7.37. The fourth-order valence-electron chi connectivity index (χ4n) is 5.05. The lowest BCUT2D eigenvalue weighted by Crippen LogP contribution is -2.39. The zero-order valence-electron chi connectivity index (χ0n) is 26.2. The molecule has 1 aliphatic heterocycles. The molecule has 248 valence electrons. The van der Waals surface area contributed by atoms with Crippen molar-refractivity contribution in [2.75, 3.05) is 43.5 Å². The van der Waals surface area contributed by atoms with Gasteiger partial charge in [0.1, 0.15) is 11.6 Å². The summed E-state index contributed by atoms with van der Waals surface area (Å²) in [5.74, 6) is -2.47. The topological polar surface area (TPSA) is 154 Å². The molecule has 0 spiro atoms. The first-order chi connectivity index (χ1) is 22.5. The minimum Gasteiger partial charge on any atom is -0.497 e. The summed E-state index contributed by atoms with van der Waals surface area (Å²) in [4.78, 5) is 60.9. The Hall–Kier alpha value is -5.36. The van der Waals surface area contributed by atoms with Crippen LogP contribution in [0.2, 0.25) is 0 Å². The van der Waals surface area contributed by atoms with Gasteiger partial charge in [-0.1, -0.05) is 6.07 Å². The molecule has 0 aromatic heterocycles. The Bertz CT molecular complexity index is 1550. The highest BCUT2D eigenvalue weighted by Gasteiger charge is 2.26. The number of nitrogens with one attached hydrogen (secondary N) is 1. The van der Waals surface area contributed by atoms with Crippen LogP contribution in [0.5, 0.6) is 5.75 Å². The Morgan fingerprint density at radius 2 is 1.51 bits per heavy atom. The minimum atomic E-state index is -1.26. The van der Waals surface area contributed by atoms with E-state index in [0.29, 0.717) is 41.3 Å². The lowest BCUT2D eigenvalue weighted by Gasteiger charge is -2.32. The van der Waals surface area contributed by atoms with Gasteiger partial charge < -0.3 is 30.1 Å². The molecule has 1 heterocycles. The first-order valence-electron chi connectivity index (χ1n) is 15.0. The van der Waals surface area contributed by atoms with E-state index in [1.54, 1.807) is 48.4 Å². The Morgan fingerprint density at radius 1 is 0.915 bits per heavy atom. The second-order valence-electron chi connectivity index (χ2n) is 10.8. The molecular weight excluding hydrogens is 609 g/mol. The van der Waals surface area contributed by atoms with Crippen LogP contribution < -0.4 is 15.0 Å². The number of nitrogens with zero attached hydrogens (tertiary/aromatic N) is 2. The monoisotopic (exact) mass is 647 g/mol. The highest BCUT2D eigenvalue weighted by atomic mass is 19.1. The van der Waals surface area contributed by atoms with E-state index >= 15 is 0 Å². The molecule has 11 nitrogen and oxygen atoms in total. The van der Waals surface area contributed by atoms with Crippen molar-refractivity contribution in [1.82, 2.24) is 4.90 Å². The number of anilines is 2. The Morgan fingerprint density at radius 3 is 2.06 bits per heavy atom.